The zero-order chi connectivity index (χ0) is 17.8. The van der Waals surface area contributed by atoms with Crippen LogP contribution in [0.1, 0.15) is 0 Å². The van der Waals surface area contributed by atoms with E-state index in [9.17, 15) is 19.5 Å². The number of hydrogen-bond donors (Lipinski definition) is 4. The molecule has 1 amide bonds. The van der Waals surface area contributed by atoms with Crippen molar-refractivity contribution in [1.82, 2.24) is 9.97 Å². The topological polar surface area (TPSA) is 140 Å². The van der Waals surface area contributed by atoms with Crippen LogP contribution in [0.3, 0.4) is 0 Å². The van der Waals surface area contributed by atoms with E-state index in [2.05, 4.69) is 15.5 Å². The number of aromatic amines is 2. The van der Waals surface area contributed by atoms with Gasteiger partial charge < -0.3 is 10.4 Å². The minimum atomic E-state index is -0.944. The Hall–Kier alpha value is -3.75. The predicted octanol–water partition coefficient (Wildman–Crippen LogP) is 1.64. The molecule has 4 N–H and O–H groups in total. The molecule has 1 heterocycles. The monoisotopic (exact) mass is 339 g/mol. The highest BCUT2D eigenvalue weighted by atomic mass is 16.3. The zero-order valence-corrected chi connectivity index (χ0v) is 12.8. The number of anilines is 1. The first kappa shape index (κ1) is 16.1. The number of benzene rings is 2. The molecule has 0 atom stereocenters. The molecule has 0 fully saturated rings. The molecule has 0 unspecified atom stereocenters. The number of carbonyl (C=O) groups is 1. The van der Waals surface area contributed by atoms with E-state index in [1.165, 1.54) is 0 Å². The highest BCUT2D eigenvalue weighted by Gasteiger charge is 2.08. The third-order valence-electron chi connectivity index (χ3n) is 3.35. The van der Waals surface area contributed by atoms with Gasteiger partial charge in [0.25, 0.3) is 11.5 Å². The SMILES string of the molecule is O=C(CNc1ccc2ccccc2c1)N=Nc1c(O)[nH]c(=O)[nH]c1=O. The molecule has 0 saturated carbocycles. The van der Waals surface area contributed by atoms with Gasteiger partial charge in [-0.05, 0) is 22.9 Å². The Kier molecular flexibility index (Phi) is 4.38. The number of nitrogens with one attached hydrogen (secondary N) is 3. The maximum atomic E-state index is 11.8. The summed E-state index contributed by atoms with van der Waals surface area (Å²) in [4.78, 5) is 38.0. The summed E-state index contributed by atoms with van der Waals surface area (Å²) >= 11 is 0. The van der Waals surface area contributed by atoms with Gasteiger partial charge in [-0.25, -0.2) is 4.79 Å². The van der Waals surface area contributed by atoms with E-state index in [1.54, 1.807) is 0 Å². The van der Waals surface area contributed by atoms with Gasteiger partial charge in [0.15, 0.2) is 0 Å². The summed E-state index contributed by atoms with van der Waals surface area (Å²) in [5.41, 5.74) is -1.64. The molecule has 0 aliphatic rings. The Morgan fingerprint density at radius 1 is 1.08 bits per heavy atom. The molecule has 3 aromatic rings. The third kappa shape index (κ3) is 3.78. The first-order valence-electron chi connectivity index (χ1n) is 7.26. The molecule has 0 saturated heterocycles. The van der Waals surface area contributed by atoms with E-state index in [0.717, 1.165) is 16.5 Å². The molecule has 9 nitrogen and oxygen atoms in total. The second kappa shape index (κ2) is 6.79. The first-order chi connectivity index (χ1) is 12.0. The number of azo groups is 1. The van der Waals surface area contributed by atoms with Crippen LogP contribution >= 0.6 is 0 Å². The molecular formula is C16H13N5O4. The highest BCUT2D eigenvalue weighted by molar-refractivity contribution is 5.87. The van der Waals surface area contributed by atoms with Crippen LogP contribution in [0.2, 0.25) is 0 Å². The van der Waals surface area contributed by atoms with Gasteiger partial charge in [0.1, 0.15) is 0 Å². The van der Waals surface area contributed by atoms with E-state index in [0.29, 0.717) is 0 Å². The number of hydrogen-bond acceptors (Lipinski definition) is 6. The maximum Gasteiger partial charge on any atom is 0.328 e. The van der Waals surface area contributed by atoms with Crippen molar-refractivity contribution in [2.75, 3.05) is 11.9 Å². The van der Waals surface area contributed by atoms with Crippen LogP contribution in [0.5, 0.6) is 5.88 Å². The van der Waals surface area contributed by atoms with E-state index in [1.807, 2.05) is 52.4 Å². The first-order valence-corrected chi connectivity index (χ1v) is 7.26. The number of amides is 1. The average Bonchev–Trinajstić information content (AvgIpc) is 2.59. The standard InChI is InChI=1S/C16H13N5O4/c22-12(20-21-13-14(23)18-16(25)19-15(13)24)8-17-11-6-5-9-3-1-2-4-10(9)7-11/h1-7,17H,8H2,(H3,18,19,23,24,25). The average molecular weight is 339 g/mol. The number of aromatic hydroxyl groups is 1. The molecular weight excluding hydrogens is 326 g/mol. The molecule has 1 aromatic heterocycles. The summed E-state index contributed by atoms with van der Waals surface area (Å²) in [6.45, 7) is -0.149. The number of aromatic nitrogens is 2. The fourth-order valence-corrected chi connectivity index (χ4v) is 2.18. The Morgan fingerprint density at radius 3 is 2.60 bits per heavy atom. The number of fused-ring (bicyclic) bond motifs is 1. The highest BCUT2D eigenvalue weighted by Crippen LogP contribution is 2.19. The van der Waals surface area contributed by atoms with Crippen LogP contribution in [0.15, 0.2) is 62.3 Å². The quantitative estimate of drug-likeness (QED) is 0.535. The second-order valence-corrected chi connectivity index (χ2v) is 5.11. The molecule has 25 heavy (non-hydrogen) atoms. The van der Waals surface area contributed by atoms with Crippen LogP contribution in [0.25, 0.3) is 10.8 Å². The minimum Gasteiger partial charge on any atom is -0.493 e. The number of rotatable bonds is 4. The maximum absolute atomic E-state index is 11.8. The molecule has 0 aliphatic carbocycles. The van der Waals surface area contributed by atoms with Crippen molar-refractivity contribution in [1.29, 1.82) is 0 Å². The fraction of sp³-hybridized carbons (Fsp3) is 0.0625. The summed E-state index contributed by atoms with van der Waals surface area (Å²) < 4.78 is 0. The van der Waals surface area contributed by atoms with E-state index < -0.39 is 28.7 Å². The van der Waals surface area contributed by atoms with E-state index >= 15 is 0 Å². The minimum absolute atomic E-state index is 0.149. The van der Waals surface area contributed by atoms with Gasteiger partial charge in [0.2, 0.25) is 11.6 Å². The molecule has 126 valence electrons. The van der Waals surface area contributed by atoms with Crippen LogP contribution in [-0.4, -0.2) is 27.5 Å². The lowest BCUT2D eigenvalue weighted by atomic mass is 10.1. The molecule has 0 aliphatic heterocycles. The van der Waals surface area contributed by atoms with Gasteiger partial charge in [0.05, 0.1) is 6.54 Å². The number of carbonyl (C=O) groups excluding carboxylic acids is 1. The normalized spacial score (nSPS) is 11.0. The Labute approximate surface area is 140 Å². The lowest BCUT2D eigenvalue weighted by molar-refractivity contribution is -0.116. The Morgan fingerprint density at radius 2 is 1.84 bits per heavy atom. The zero-order valence-electron chi connectivity index (χ0n) is 12.8. The van der Waals surface area contributed by atoms with Crippen molar-refractivity contribution in [2.24, 2.45) is 10.2 Å². The van der Waals surface area contributed by atoms with Crippen molar-refractivity contribution < 1.29 is 9.90 Å². The lowest BCUT2D eigenvalue weighted by Crippen LogP contribution is -2.21. The second-order valence-electron chi connectivity index (χ2n) is 5.11. The fourth-order valence-electron chi connectivity index (χ4n) is 2.18. The summed E-state index contributed by atoms with van der Waals surface area (Å²) in [7, 11) is 0. The number of nitrogens with zero attached hydrogens (tertiary/aromatic N) is 2. The van der Waals surface area contributed by atoms with Crippen LogP contribution < -0.4 is 16.6 Å². The van der Waals surface area contributed by atoms with Gasteiger partial charge in [-0.2, -0.15) is 0 Å². The van der Waals surface area contributed by atoms with Crippen molar-refractivity contribution in [3.05, 3.63) is 63.3 Å². The van der Waals surface area contributed by atoms with Gasteiger partial charge in [-0.3, -0.25) is 19.6 Å². The van der Waals surface area contributed by atoms with Crippen molar-refractivity contribution in [2.45, 2.75) is 0 Å². The van der Waals surface area contributed by atoms with Gasteiger partial charge in [-0.1, -0.05) is 30.3 Å². The largest absolute Gasteiger partial charge is 0.493 e. The van der Waals surface area contributed by atoms with Crippen molar-refractivity contribution in [3.8, 4) is 5.88 Å². The lowest BCUT2D eigenvalue weighted by Gasteiger charge is -2.05. The number of H-pyrrole nitrogens is 2. The molecule has 0 bridgehead atoms. The molecule has 9 heteroatoms. The summed E-state index contributed by atoms with van der Waals surface area (Å²) in [6, 6.07) is 13.4. The summed E-state index contributed by atoms with van der Waals surface area (Å²) in [5.74, 6) is -1.41. The van der Waals surface area contributed by atoms with E-state index in [4.69, 9.17) is 0 Å². The summed E-state index contributed by atoms with van der Waals surface area (Å²) in [5, 5.41) is 21.2. The van der Waals surface area contributed by atoms with Gasteiger partial charge in [0, 0.05) is 5.69 Å². The van der Waals surface area contributed by atoms with Gasteiger partial charge in [-0.15, -0.1) is 10.2 Å². The van der Waals surface area contributed by atoms with Gasteiger partial charge >= 0.3 is 5.69 Å². The van der Waals surface area contributed by atoms with Crippen LogP contribution in [0.4, 0.5) is 11.4 Å². The van der Waals surface area contributed by atoms with Crippen molar-refractivity contribution in [3.63, 3.8) is 0 Å². The third-order valence-corrected chi connectivity index (χ3v) is 3.35. The van der Waals surface area contributed by atoms with Crippen LogP contribution in [-0.2, 0) is 4.79 Å². The Balaban J connectivity index is 1.68. The smallest absolute Gasteiger partial charge is 0.328 e. The van der Waals surface area contributed by atoms with E-state index in [-0.39, 0.29) is 6.54 Å². The molecule has 2 aromatic carbocycles. The molecule has 3 rings (SSSR count). The molecule has 0 spiro atoms. The van der Waals surface area contributed by atoms with Crippen molar-refractivity contribution >= 4 is 28.1 Å². The van der Waals surface area contributed by atoms with Crippen LogP contribution in [0, 0.1) is 0 Å². The Bertz CT molecular complexity index is 1080. The predicted molar refractivity (Wildman–Crippen MR) is 91.3 cm³/mol. The summed E-state index contributed by atoms with van der Waals surface area (Å²) in [6.07, 6.45) is 0. The molecule has 0 radical (unpaired) electrons.